The van der Waals surface area contributed by atoms with Gasteiger partial charge in [0.05, 0.1) is 41.5 Å². The van der Waals surface area contributed by atoms with Crippen LogP contribution in [0.1, 0.15) is 86.5 Å². The van der Waals surface area contributed by atoms with Crippen LogP contribution in [0.5, 0.6) is 34.5 Å². The van der Waals surface area contributed by atoms with Gasteiger partial charge in [-0.3, -0.25) is 4.79 Å². The maximum absolute atomic E-state index is 14.9. The first kappa shape index (κ1) is 39.2. The molecule has 1 amide bonds. The van der Waals surface area contributed by atoms with Gasteiger partial charge in [-0.2, -0.15) is 0 Å². The largest absolute Gasteiger partial charge is 0.493 e. The molecule has 0 bridgehead atoms. The van der Waals surface area contributed by atoms with Crippen molar-refractivity contribution in [3.8, 4) is 46.8 Å². The highest BCUT2D eigenvalue weighted by Gasteiger charge is 2.41. The molecule has 3 atom stereocenters. The monoisotopic (exact) mass is 727 g/mol. The summed E-state index contributed by atoms with van der Waals surface area (Å²) in [5, 5.41) is 0. The predicted molar refractivity (Wildman–Crippen MR) is 202 cm³/mol. The summed E-state index contributed by atoms with van der Waals surface area (Å²) >= 11 is 0. The molecule has 3 aromatic carbocycles. The number of hydrogen-bond acceptors (Lipinski definition) is 9. The summed E-state index contributed by atoms with van der Waals surface area (Å²) in [6.07, 6.45) is 13.1. The quantitative estimate of drug-likeness (QED) is 0.109. The fourth-order valence-corrected chi connectivity index (χ4v) is 7.76. The number of aryl methyl sites for hydroxylation is 1. The van der Waals surface area contributed by atoms with Crippen LogP contribution in [0.25, 0.3) is 0 Å². The molecule has 284 valence electrons. The lowest BCUT2D eigenvalue weighted by atomic mass is 9.75. The summed E-state index contributed by atoms with van der Waals surface area (Å²) in [4.78, 5) is 31.1. The van der Waals surface area contributed by atoms with Gasteiger partial charge >= 0.3 is 5.97 Å². The van der Waals surface area contributed by atoms with Crippen LogP contribution in [0.15, 0.2) is 54.6 Å². The first-order chi connectivity index (χ1) is 25.8. The van der Waals surface area contributed by atoms with E-state index in [1.54, 1.807) is 40.4 Å². The number of methoxy groups -OCH3 is 5. The highest BCUT2D eigenvalue weighted by Crippen LogP contribution is 2.45. The fourth-order valence-electron chi connectivity index (χ4n) is 7.76. The Morgan fingerprint density at radius 3 is 2.13 bits per heavy atom. The molecule has 1 heterocycles. The Labute approximate surface area is 314 Å². The number of carbonyl (C=O) groups excluding carboxylic acids is 2. The van der Waals surface area contributed by atoms with Crippen LogP contribution in [0.2, 0.25) is 0 Å². The van der Waals surface area contributed by atoms with E-state index in [1.807, 2.05) is 54.6 Å². The van der Waals surface area contributed by atoms with Gasteiger partial charge < -0.3 is 38.1 Å². The van der Waals surface area contributed by atoms with E-state index in [9.17, 15) is 9.59 Å². The molecular weight excluding hydrogens is 674 g/mol. The van der Waals surface area contributed by atoms with Gasteiger partial charge in [0.2, 0.25) is 11.7 Å². The van der Waals surface area contributed by atoms with Crippen LogP contribution >= 0.6 is 0 Å². The van der Waals surface area contributed by atoms with Gasteiger partial charge in [-0.25, -0.2) is 4.79 Å². The number of benzene rings is 3. The minimum absolute atomic E-state index is 0.0700. The van der Waals surface area contributed by atoms with Crippen molar-refractivity contribution in [2.24, 2.45) is 5.92 Å². The summed E-state index contributed by atoms with van der Waals surface area (Å²) in [7, 11) is 7.92. The second-order valence-electron chi connectivity index (χ2n) is 13.6. The van der Waals surface area contributed by atoms with Crippen molar-refractivity contribution in [3.63, 3.8) is 0 Å². The second kappa shape index (κ2) is 19.2. The maximum Gasteiger partial charge on any atom is 0.329 e. The molecular formula is C43H53NO9. The Morgan fingerprint density at radius 2 is 1.47 bits per heavy atom. The average Bonchev–Trinajstić information content (AvgIpc) is 3.21. The van der Waals surface area contributed by atoms with E-state index in [4.69, 9.17) is 39.6 Å². The van der Waals surface area contributed by atoms with Crippen LogP contribution in [0.4, 0.5) is 0 Å². The van der Waals surface area contributed by atoms with E-state index in [0.717, 1.165) is 61.6 Å². The lowest BCUT2D eigenvalue weighted by molar-refractivity contribution is -0.163. The Hall–Kier alpha value is -5.04. The van der Waals surface area contributed by atoms with Gasteiger partial charge in [-0.15, -0.1) is 6.42 Å². The van der Waals surface area contributed by atoms with Crippen molar-refractivity contribution in [1.29, 1.82) is 0 Å². The van der Waals surface area contributed by atoms with Crippen molar-refractivity contribution in [3.05, 3.63) is 71.3 Å². The molecule has 53 heavy (non-hydrogen) atoms. The van der Waals surface area contributed by atoms with Crippen molar-refractivity contribution < 1.29 is 42.7 Å². The number of rotatable bonds is 16. The Morgan fingerprint density at radius 1 is 0.774 bits per heavy atom. The van der Waals surface area contributed by atoms with Crippen molar-refractivity contribution in [1.82, 2.24) is 4.90 Å². The zero-order valence-corrected chi connectivity index (χ0v) is 31.7. The molecule has 3 unspecified atom stereocenters. The number of ether oxygens (including phenoxy) is 7. The van der Waals surface area contributed by atoms with Gasteiger partial charge in [0.15, 0.2) is 23.0 Å². The smallest absolute Gasteiger partial charge is 0.329 e. The molecule has 3 aromatic rings. The van der Waals surface area contributed by atoms with Crippen molar-refractivity contribution >= 4 is 11.9 Å². The Kier molecular flexibility index (Phi) is 14.2. The summed E-state index contributed by atoms with van der Waals surface area (Å²) in [6, 6.07) is 16.3. The van der Waals surface area contributed by atoms with Crippen LogP contribution < -0.4 is 28.4 Å². The molecule has 0 spiro atoms. The number of terminal acetylenes is 1. The van der Waals surface area contributed by atoms with E-state index in [1.165, 1.54) is 0 Å². The van der Waals surface area contributed by atoms with Crippen molar-refractivity contribution in [2.45, 2.75) is 82.3 Å². The molecule has 2 fully saturated rings. The van der Waals surface area contributed by atoms with Crippen LogP contribution in [-0.2, 0) is 20.7 Å². The van der Waals surface area contributed by atoms with Crippen LogP contribution in [0, 0.1) is 18.3 Å². The molecule has 2 aliphatic rings. The summed E-state index contributed by atoms with van der Waals surface area (Å²) in [5.74, 6) is 4.95. The molecule has 0 radical (unpaired) electrons. The number of amides is 1. The van der Waals surface area contributed by atoms with Crippen molar-refractivity contribution in [2.75, 3.05) is 48.7 Å². The minimum atomic E-state index is -0.728. The van der Waals surface area contributed by atoms with Crippen LogP contribution in [0.3, 0.4) is 0 Å². The topological polar surface area (TPSA) is 102 Å². The zero-order chi connectivity index (χ0) is 37.7. The number of hydrogen-bond donors (Lipinski definition) is 0. The number of esters is 1. The van der Waals surface area contributed by atoms with Gasteiger partial charge in [-0.1, -0.05) is 43.4 Å². The van der Waals surface area contributed by atoms with Gasteiger partial charge in [0.25, 0.3) is 0 Å². The molecule has 10 heteroatoms. The lowest BCUT2D eigenvalue weighted by Gasteiger charge is -2.40. The third-order valence-corrected chi connectivity index (χ3v) is 10.4. The highest BCUT2D eigenvalue weighted by atomic mass is 16.5. The molecule has 0 aromatic heterocycles. The second-order valence-corrected chi connectivity index (χ2v) is 13.6. The summed E-state index contributed by atoms with van der Waals surface area (Å²) in [5.41, 5.74) is 2.57. The first-order valence-corrected chi connectivity index (χ1v) is 18.5. The van der Waals surface area contributed by atoms with E-state index >= 15 is 0 Å². The van der Waals surface area contributed by atoms with E-state index in [0.29, 0.717) is 60.3 Å². The molecule has 1 aliphatic heterocycles. The first-order valence-electron chi connectivity index (χ1n) is 18.5. The molecule has 1 saturated heterocycles. The standard InChI is InChI=1S/C43H53NO9/c1-7-24-52-33-17-13-16-31(26-33)35(21-19-29-20-22-36(47-2)37(25-29)48-3)53-43(46)34-18-11-12-23-44(34)42(45)40(30-14-9-8-10-15-30)32-27-38(49-4)41(51-6)39(28-32)50-5/h1,13,16-17,20,22,25-28,30,34-35,40H,8-12,14-15,18-19,21,23-24H2,2-6H3. The molecule has 10 nitrogen and oxygen atoms in total. The van der Waals surface area contributed by atoms with E-state index < -0.39 is 24.0 Å². The number of carbonyl (C=O) groups is 2. The number of likely N-dealkylation sites (tertiary alicyclic amines) is 1. The van der Waals surface area contributed by atoms with Gasteiger partial charge in [0.1, 0.15) is 24.5 Å². The lowest BCUT2D eigenvalue weighted by Crippen LogP contribution is -2.51. The summed E-state index contributed by atoms with van der Waals surface area (Å²) in [6.45, 7) is 0.588. The molecule has 1 aliphatic carbocycles. The minimum Gasteiger partial charge on any atom is -0.493 e. The fraction of sp³-hybridized carbons (Fsp3) is 0.488. The molecule has 1 saturated carbocycles. The van der Waals surface area contributed by atoms with Crippen LogP contribution in [-0.4, -0.2) is 71.5 Å². The Bertz CT molecular complexity index is 1700. The number of nitrogens with zero attached hydrogens (tertiary/aromatic N) is 1. The third kappa shape index (κ3) is 9.50. The third-order valence-electron chi connectivity index (χ3n) is 10.4. The Balaban J connectivity index is 1.45. The van der Waals surface area contributed by atoms with Gasteiger partial charge in [-0.05, 0) is 104 Å². The summed E-state index contributed by atoms with van der Waals surface area (Å²) < 4.78 is 40.1. The predicted octanol–water partition coefficient (Wildman–Crippen LogP) is 7.70. The highest BCUT2D eigenvalue weighted by molar-refractivity contribution is 5.89. The van der Waals surface area contributed by atoms with E-state index in [2.05, 4.69) is 5.92 Å². The number of piperidine rings is 1. The maximum atomic E-state index is 14.9. The zero-order valence-electron chi connectivity index (χ0n) is 31.7. The molecule has 0 N–H and O–H groups in total. The van der Waals surface area contributed by atoms with E-state index in [-0.39, 0.29) is 18.4 Å². The normalized spacial score (nSPS) is 17.1. The molecule has 5 rings (SSSR count). The van der Waals surface area contributed by atoms with Gasteiger partial charge in [0, 0.05) is 6.54 Å². The average molecular weight is 728 g/mol. The SMILES string of the molecule is C#CCOc1cccc(C(CCc2ccc(OC)c(OC)c2)OC(=O)C2CCCCN2C(=O)C(c2cc(OC)c(OC)c(OC)c2)C2CCCCC2)c1.